The SMILES string of the molecule is COc1ccc(F)cc1CS(=O)(=O)Cc1nnc(C(C)(C)C)o1. The monoisotopic (exact) mass is 342 g/mol. The summed E-state index contributed by atoms with van der Waals surface area (Å²) >= 11 is 0. The van der Waals surface area contributed by atoms with Crippen LogP contribution in [0.1, 0.15) is 38.1 Å². The summed E-state index contributed by atoms with van der Waals surface area (Å²) in [5, 5.41) is 7.63. The predicted octanol–water partition coefficient (Wildman–Crippen LogP) is 2.63. The minimum absolute atomic E-state index is 0.0188. The van der Waals surface area contributed by atoms with E-state index in [1.165, 1.54) is 19.2 Å². The van der Waals surface area contributed by atoms with Crippen LogP contribution in [-0.2, 0) is 26.8 Å². The van der Waals surface area contributed by atoms with Crippen LogP contribution >= 0.6 is 0 Å². The lowest BCUT2D eigenvalue weighted by Gasteiger charge is -2.11. The van der Waals surface area contributed by atoms with E-state index < -0.39 is 21.4 Å². The van der Waals surface area contributed by atoms with E-state index in [9.17, 15) is 12.8 Å². The Morgan fingerprint density at radius 3 is 2.48 bits per heavy atom. The molecule has 23 heavy (non-hydrogen) atoms. The third-order valence-corrected chi connectivity index (χ3v) is 4.51. The third-order valence-electron chi connectivity index (χ3n) is 3.07. The average molecular weight is 342 g/mol. The largest absolute Gasteiger partial charge is 0.496 e. The maximum absolute atomic E-state index is 13.3. The summed E-state index contributed by atoms with van der Waals surface area (Å²) in [4.78, 5) is 0. The van der Waals surface area contributed by atoms with Crippen LogP contribution in [0.25, 0.3) is 0 Å². The highest BCUT2D eigenvalue weighted by Gasteiger charge is 2.24. The summed E-state index contributed by atoms with van der Waals surface area (Å²) in [6.07, 6.45) is 0. The normalized spacial score (nSPS) is 12.4. The molecule has 8 heteroatoms. The Kier molecular flexibility index (Phi) is 4.74. The van der Waals surface area contributed by atoms with E-state index >= 15 is 0 Å². The van der Waals surface area contributed by atoms with Crippen molar-refractivity contribution in [3.63, 3.8) is 0 Å². The lowest BCUT2D eigenvalue weighted by molar-refractivity contribution is 0.377. The van der Waals surface area contributed by atoms with Gasteiger partial charge in [-0.05, 0) is 18.2 Å². The molecule has 1 heterocycles. The number of halogens is 1. The van der Waals surface area contributed by atoms with Gasteiger partial charge in [-0.25, -0.2) is 12.8 Å². The quantitative estimate of drug-likeness (QED) is 0.831. The Morgan fingerprint density at radius 1 is 1.22 bits per heavy atom. The van der Waals surface area contributed by atoms with Gasteiger partial charge in [-0.2, -0.15) is 0 Å². The topological polar surface area (TPSA) is 82.3 Å². The van der Waals surface area contributed by atoms with Crippen molar-refractivity contribution in [2.24, 2.45) is 0 Å². The Hall–Kier alpha value is -1.96. The van der Waals surface area contributed by atoms with Crippen LogP contribution in [-0.4, -0.2) is 25.7 Å². The molecule has 0 saturated heterocycles. The summed E-state index contributed by atoms with van der Waals surface area (Å²) in [6.45, 7) is 5.66. The van der Waals surface area contributed by atoms with Crippen LogP contribution in [0, 0.1) is 5.82 Å². The Labute approximate surface area is 134 Å². The smallest absolute Gasteiger partial charge is 0.231 e. The number of aromatic nitrogens is 2. The van der Waals surface area contributed by atoms with Gasteiger partial charge in [0.1, 0.15) is 17.3 Å². The molecule has 0 unspecified atom stereocenters. The second-order valence-corrected chi connectivity index (χ2v) is 8.30. The van der Waals surface area contributed by atoms with Crippen molar-refractivity contribution in [1.82, 2.24) is 10.2 Å². The molecule has 2 rings (SSSR count). The third kappa shape index (κ3) is 4.51. The first-order chi connectivity index (χ1) is 10.6. The Balaban J connectivity index is 2.20. The lowest BCUT2D eigenvalue weighted by Crippen LogP contribution is -2.11. The maximum atomic E-state index is 13.3. The molecule has 0 bridgehead atoms. The second kappa shape index (κ2) is 6.27. The zero-order valence-corrected chi connectivity index (χ0v) is 14.3. The molecule has 0 atom stereocenters. The van der Waals surface area contributed by atoms with Crippen molar-refractivity contribution >= 4 is 9.84 Å². The summed E-state index contributed by atoms with van der Waals surface area (Å²) < 4.78 is 48.4. The van der Waals surface area contributed by atoms with E-state index in [1.54, 1.807) is 0 Å². The van der Waals surface area contributed by atoms with Crippen molar-refractivity contribution in [3.8, 4) is 5.75 Å². The highest BCUT2D eigenvalue weighted by atomic mass is 32.2. The molecule has 0 fully saturated rings. The van der Waals surface area contributed by atoms with Gasteiger partial charge in [-0.15, -0.1) is 10.2 Å². The van der Waals surface area contributed by atoms with E-state index in [1.807, 2.05) is 20.8 Å². The maximum Gasteiger partial charge on any atom is 0.231 e. The molecule has 1 aromatic carbocycles. The molecule has 0 saturated carbocycles. The number of benzene rings is 1. The first-order valence-electron chi connectivity index (χ1n) is 6.96. The van der Waals surface area contributed by atoms with Crippen molar-refractivity contribution in [2.75, 3.05) is 7.11 Å². The van der Waals surface area contributed by atoms with Gasteiger partial charge in [-0.3, -0.25) is 0 Å². The Morgan fingerprint density at radius 2 is 1.91 bits per heavy atom. The van der Waals surface area contributed by atoms with Gasteiger partial charge in [0.15, 0.2) is 9.84 Å². The molecule has 0 aliphatic heterocycles. The van der Waals surface area contributed by atoms with Gasteiger partial charge in [0.25, 0.3) is 0 Å². The number of sulfone groups is 1. The molecule has 0 aliphatic rings. The standard InChI is InChI=1S/C15H19FN2O4S/c1-15(2,3)14-18-17-13(22-14)9-23(19,20)8-10-7-11(16)5-6-12(10)21-4/h5-7H,8-9H2,1-4H3. The van der Waals surface area contributed by atoms with Gasteiger partial charge < -0.3 is 9.15 Å². The van der Waals surface area contributed by atoms with Crippen LogP contribution in [0.5, 0.6) is 5.75 Å². The summed E-state index contributed by atoms with van der Waals surface area (Å²) in [5.41, 5.74) is -0.107. The molecule has 1 aromatic heterocycles. The summed E-state index contributed by atoms with van der Waals surface area (Å²) in [6, 6.07) is 3.75. The first-order valence-corrected chi connectivity index (χ1v) is 8.78. The molecule has 126 valence electrons. The van der Waals surface area contributed by atoms with Crippen LogP contribution < -0.4 is 4.74 Å². The fourth-order valence-corrected chi connectivity index (χ4v) is 3.25. The zero-order valence-electron chi connectivity index (χ0n) is 13.5. The van der Waals surface area contributed by atoms with Crippen molar-refractivity contribution in [3.05, 3.63) is 41.4 Å². The second-order valence-electron chi connectivity index (χ2n) is 6.24. The van der Waals surface area contributed by atoms with Crippen molar-refractivity contribution in [2.45, 2.75) is 37.7 Å². The summed E-state index contributed by atoms with van der Waals surface area (Å²) in [5.74, 6) is -0.604. The number of nitrogens with zero attached hydrogens (tertiary/aromatic N) is 2. The molecule has 2 aromatic rings. The number of methoxy groups -OCH3 is 1. The van der Waals surface area contributed by atoms with Crippen LogP contribution in [0.2, 0.25) is 0 Å². The molecular formula is C15H19FN2O4S. The molecule has 0 amide bonds. The summed E-state index contributed by atoms with van der Waals surface area (Å²) in [7, 11) is -2.21. The molecule has 0 N–H and O–H groups in total. The van der Waals surface area contributed by atoms with Gasteiger partial charge in [-0.1, -0.05) is 20.8 Å². The minimum atomic E-state index is -3.61. The van der Waals surface area contributed by atoms with E-state index in [-0.39, 0.29) is 22.6 Å². The molecular weight excluding hydrogens is 323 g/mol. The van der Waals surface area contributed by atoms with Crippen LogP contribution in [0.4, 0.5) is 4.39 Å². The lowest BCUT2D eigenvalue weighted by atomic mass is 9.97. The number of hydrogen-bond acceptors (Lipinski definition) is 6. The van der Waals surface area contributed by atoms with Crippen molar-refractivity contribution in [1.29, 1.82) is 0 Å². The minimum Gasteiger partial charge on any atom is -0.496 e. The highest BCUT2D eigenvalue weighted by molar-refractivity contribution is 7.89. The predicted molar refractivity (Wildman–Crippen MR) is 82.3 cm³/mol. The molecule has 0 spiro atoms. The van der Waals surface area contributed by atoms with E-state index in [4.69, 9.17) is 9.15 Å². The van der Waals surface area contributed by atoms with Crippen LogP contribution in [0.3, 0.4) is 0 Å². The van der Waals surface area contributed by atoms with E-state index in [2.05, 4.69) is 10.2 Å². The average Bonchev–Trinajstić information content (AvgIpc) is 2.86. The van der Waals surface area contributed by atoms with Gasteiger partial charge in [0, 0.05) is 11.0 Å². The molecule has 0 radical (unpaired) electrons. The fourth-order valence-electron chi connectivity index (χ4n) is 1.95. The first kappa shape index (κ1) is 17.4. The van der Waals surface area contributed by atoms with E-state index in [0.29, 0.717) is 11.6 Å². The van der Waals surface area contributed by atoms with E-state index in [0.717, 1.165) is 6.07 Å². The van der Waals surface area contributed by atoms with Gasteiger partial charge in [0.05, 0.1) is 12.9 Å². The fraction of sp³-hybridized carbons (Fsp3) is 0.467. The Bertz CT molecular complexity index is 794. The van der Waals surface area contributed by atoms with Crippen LogP contribution in [0.15, 0.2) is 22.6 Å². The van der Waals surface area contributed by atoms with Gasteiger partial charge in [0.2, 0.25) is 11.8 Å². The number of hydrogen-bond donors (Lipinski definition) is 0. The van der Waals surface area contributed by atoms with Crippen molar-refractivity contribution < 1.29 is 22.0 Å². The van der Waals surface area contributed by atoms with Gasteiger partial charge >= 0.3 is 0 Å². The number of rotatable bonds is 5. The highest BCUT2D eigenvalue weighted by Crippen LogP contribution is 2.24. The number of ether oxygens (including phenoxy) is 1. The zero-order chi connectivity index (χ0) is 17.3. The molecule has 6 nitrogen and oxygen atoms in total. The molecule has 0 aliphatic carbocycles.